The standard InChI is InChI=1S/C17H19Cl2NOS/c1-9-4-3-5-13(10(9)2)20-17(21)16-15(19)12-7-6-11(18)8-14(12)22-16/h6-10,13H,3-5H2,1-2H3,(H,20,21)/t9-,10+,13-/m0/s1. The summed E-state index contributed by atoms with van der Waals surface area (Å²) >= 11 is 13.8. The number of hydrogen-bond acceptors (Lipinski definition) is 2. The van der Waals surface area contributed by atoms with E-state index in [9.17, 15) is 4.79 Å². The van der Waals surface area contributed by atoms with E-state index < -0.39 is 0 Å². The Morgan fingerprint density at radius 3 is 2.82 bits per heavy atom. The Morgan fingerprint density at radius 2 is 2.05 bits per heavy atom. The molecule has 1 amide bonds. The lowest BCUT2D eigenvalue weighted by Crippen LogP contribution is -2.43. The normalized spacial score (nSPS) is 25.4. The quantitative estimate of drug-likeness (QED) is 0.728. The molecule has 0 aliphatic heterocycles. The maximum Gasteiger partial charge on any atom is 0.263 e. The van der Waals surface area contributed by atoms with Gasteiger partial charge < -0.3 is 5.32 Å². The number of nitrogens with one attached hydrogen (secondary N) is 1. The van der Waals surface area contributed by atoms with Crippen LogP contribution in [-0.4, -0.2) is 11.9 Å². The molecule has 1 aromatic heterocycles. The lowest BCUT2D eigenvalue weighted by molar-refractivity contribution is 0.0895. The largest absolute Gasteiger partial charge is 0.348 e. The van der Waals surface area contributed by atoms with E-state index in [1.54, 1.807) is 6.07 Å². The molecule has 1 fully saturated rings. The van der Waals surface area contributed by atoms with Crippen LogP contribution >= 0.6 is 34.5 Å². The number of benzene rings is 1. The number of thiophene rings is 1. The van der Waals surface area contributed by atoms with E-state index in [4.69, 9.17) is 23.2 Å². The number of rotatable bonds is 2. The Morgan fingerprint density at radius 1 is 1.27 bits per heavy atom. The molecule has 0 unspecified atom stereocenters. The fraction of sp³-hybridized carbons (Fsp3) is 0.471. The summed E-state index contributed by atoms with van der Waals surface area (Å²) in [6.07, 6.45) is 3.47. The van der Waals surface area contributed by atoms with Crippen LogP contribution in [0, 0.1) is 11.8 Å². The fourth-order valence-corrected chi connectivity index (χ4v) is 4.90. The van der Waals surface area contributed by atoms with Crippen LogP contribution in [0.25, 0.3) is 10.1 Å². The highest BCUT2D eigenvalue weighted by Gasteiger charge is 2.29. The van der Waals surface area contributed by atoms with Crippen molar-refractivity contribution in [2.45, 2.75) is 39.2 Å². The molecule has 0 bridgehead atoms. The molecular weight excluding hydrogens is 337 g/mol. The summed E-state index contributed by atoms with van der Waals surface area (Å²) < 4.78 is 0.952. The molecule has 1 aliphatic rings. The highest BCUT2D eigenvalue weighted by molar-refractivity contribution is 7.21. The van der Waals surface area contributed by atoms with E-state index in [1.807, 2.05) is 12.1 Å². The van der Waals surface area contributed by atoms with Crippen molar-refractivity contribution in [1.29, 1.82) is 0 Å². The molecule has 1 N–H and O–H groups in total. The van der Waals surface area contributed by atoms with Gasteiger partial charge in [0.25, 0.3) is 5.91 Å². The second-order valence-corrected chi connectivity index (χ2v) is 8.10. The first kappa shape index (κ1) is 16.1. The summed E-state index contributed by atoms with van der Waals surface area (Å²) in [6, 6.07) is 5.77. The van der Waals surface area contributed by atoms with Crippen LogP contribution in [0.3, 0.4) is 0 Å². The maximum absolute atomic E-state index is 12.6. The average molecular weight is 356 g/mol. The van der Waals surface area contributed by atoms with E-state index >= 15 is 0 Å². The van der Waals surface area contributed by atoms with Crippen molar-refractivity contribution in [2.75, 3.05) is 0 Å². The first-order valence-electron chi connectivity index (χ1n) is 7.65. The average Bonchev–Trinajstić information content (AvgIpc) is 2.80. The van der Waals surface area contributed by atoms with Gasteiger partial charge in [-0.05, 0) is 30.4 Å². The van der Waals surface area contributed by atoms with Crippen LogP contribution in [0.15, 0.2) is 18.2 Å². The minimum Gasteiger partial charge on any atom is -0.348 e. The van der Waals surface area contributed by atoms with E-state index in [0.29, 0.717) is 26.8 Å². The molecule has 0 radical (unpaired) electrons. The van der Waals surface area contributed by atoms with Gasteiger partial charge in [-0.25, -0.2) is 0 Å². The number of carbonyl (C=O) groups excluding carboxylic acids is 1. The van der Waals surface area contributed by atoms with Crippen molar-refractivity contribution in [1.82, 2.24) is 5.32 Å². The highest BCUT2D eigenvalue weighted by Crippen LogP contribution is 2.37. The molecule has 3 atom stereocenters. The third-order valence-electron chi connectivity index (χ3n) is 4.82. The van der Waals surface area contributed by atoms with Gasteiger partial charge in [0.15, 0.2) is 0 Å². The van der Waals surface area contributed by atoms with Crippen LogP contribution in [0.2, 0.25) is 10.0 Å². The Kier molecular flexibility index (Phi) is 4.67. The molecule has 0 spiro atoms. The smallest absolute Gasteiger partial charge is 0.263 e. The molecule has 5 heteroatoms. The Labute approximate surface area is 144 Å². The number of hydrogen-bond donors (Lipinski definition) is 1. The molecule has 2 aromatic rings. The lowest BCUT2D eigenvalue weighted by Gasteiger charge is -2.34. The van der Waals surface area contributed by atoms with Crippen molar-refractivity contribution in [3.8, 4) is 0 Å². The predicted molar refractivity (Wildman–Crippen MR) is 95.3 cm³/mol. The topological polar surface area (TPSA) is 29.1 Å². The Balaban J connectivity index is 1.84. The van der Waals surface area contributed by atoms with Gasteiger partial charge in [0.1, 0.15) is 4.88 Å². The van der Waals surface area contributed by atoms with Crippen LogP contribution in [0.5, 0.6) is 0 Å². The summed E-state index contributed by atoms with van der Waals surface area (Å²) in [5.41, 5.74) is 0. The minimum atomic E-state index is -0.0618. The monoisotopic (exact) mass is 355 g/mol. The van der Waals surface area contributed by atoms with E-state index in [2.05, 4.69) is 19.2 Å². The fourth-order valence-electron chi connectivity index (χ4n) is 3.20. The van der Waals surface area contributed by atoms with Crippen LogP contribution in [0.1, 0.15) is 42.8 Å². The van der Waals surface area contributed by atoms with Crippen molar-refractivity contribution in [3.63, 3.8) is 0 Å². The van der Waals surface area contributed by atoms with Crippen LogP contribution in [0.4, 0.5) is 0 Å². The van der Waals surface area contributed by atoms with Crippen molar-refractivity contribution in [2.24, 2.45) is 11.8 Å². The van der Waals surface area contributed by atoms with Gasteiger partial charge in [0.05, 0.1) is 5.02 Å². The van der Waals surface area contributed by atoms with E-state index in [0.717, 1.165) is 16.5 Å². The minimum absolute atomic E-state index is 0.0618. The number of halogens is 2. The summed E-state index contributed by atoms with van der Waals surface area (Å²) in [4.78, 5) is 13.2. The van der Waals surface area contributed by atoms with Crippen LogP contribution < -0.4 is 5.32 Å². The molecule has 1 heterocycles. The van der Waals surface area contributed by atoms with Gasteiger partial charge >= 0.3 is 0 Å². The summed E-state index contributed by atoms with van der Waals surface area (Å²) in [7, 11) is 0. The van der Waals surface area contributed by atoms with Gasteiger partial charge in [-0.2, -0.15) is 0 Å². The number of fused-ring (bicyclic) bond motifs is 1. The number of amides is 1. The maximum atomic E-state index is 12.6. The number of carbonyl (C=O) groups is 1. The SMILES string of the molecule is C[C@H]1[C@@H](NC(=O)c2sc3cc(Cl)ccc3c2Cl)CCC[C@@H]1C. The summed E-state index contributed by atoms with van der Waals surface area (Å²) in [5, 5.41) is 5.27. The van der Waals surface area contributed by atoms with E-state index in [1.165, 1.54) is 24.2 Å². The molecule has 1 saturated carbocycles. The third-order valence-corrected chi connectivity index (χ3v) is 6.71. The van der Waals surface area contributed by atoms with E-state index in [-0.39, 0.29) is 11.9 Å². The van der Waals surface area contributed by atoms with Crippen LogP contribution in [-0.2, 0) is 0 Å². The van der Waals surface area contributed by atoms with Gasteiger partial charge in [0, 0.05) is 21.2 Å². The molecule has 1 aromatic carbocycles. The van der Waals surface area contributed by atoms with Gasteiger partial charge in [-0.3, -0.25) is 4.79 Å². The van der Waals surface area contributed by atoms with Crippen molar-refractivity contribution in [3.05, 3.63) is 33.1 Å². The molecule has 118 valence electrons. The van der Waals surface area contributed by atoms with Gasteiger partial charge in [-0.15, -0.1) is 11.3 Å². The molecule has 22 heavy (non-hydrogen) atoms. The first-order valence-corrected chi connectivity index (χ1v) is 9.23. The zero-order valence-electron chi connectivity index (χ0n) is 12.7. The molecule has 0 saturated heterocycles. The Hall–Kier alpha value is -0.770. The third kappa shape index (κ3) is 2.99. The van der Waals surface area contributed by atoms with Crippen molar-refractivity contribution < 1.29 is 4.79 Å². The second kappa shape index (κ2) is 6.38. The van der Waals surface area contributed by atoms with Gasteiger partial charge in [0.2, 0.25) is 0 Å². The second-order valence-electron chi connectivity index (χ2n) is 6.23. The summed E-state index contributed by atoms with van der Waals surface area (Å²) in [6.45, 7) is 4.48. The zero-order chi connectivity index (χ0) is 15.9. The zero-order valence-corrected chi connectivity index (χ0v) is 15.0. The lowest BCUT2D eigenvalue weighted by atomic mass is 9.78. The summed E-state index contributed by atoms with van der Waals surface area (Å²) in [5.74, 6) is 1.09. The molecule has 3 rings (SSSR count). The molecular formula is C17H19Cl2NOS. The molecule has 2 nitrogen and oxygen atoms in total. The predicted octanol–water partition coefficient (Wildman–Crippen LogP) is 5.76. The highest BCUT2D eigenvalue weighted by atomic mass is 35.5. The first-order chi connectivity index (χ1) is 10.5. The van der Waals surface area contributed by atoms with Gasteiger partial charge in [-0.1, -0.05) is 56.0 Å². The molecule has 1 aliphatic carbocycles. The van der Waals surface area contributed by atoms with Crippen molar-refractivity contribution >= 4 is 50.5 Å². The Bertz CT molecular complexity index is 712.